The van der Waals surface area contributed by atoms with Gasteiger partial charge in [0.05, 0.1) is 11.2 Å². The largest absolute Gasteiger partial charge is 0.490 e. The number of halogens is 3. The Balaban J connectivity index is 0.000000185. The van der Waals surface area contributed by atoms with Crippen molar-refractivity contribution in [1.29, 1.82) is 0 Å². The van der Waals surface area contributed by atoms with E-state index in [1.807, 2.05) is 5.51 Å². The lowest BCUT2D eigenvalue weighted by Crippen LogP contribution is -2.32. The van der Waals surface area contributed by atoms with E-state index in [4.69, 9.17) is 9.90 Å². The lowest BCUT2D eigenvalue weighted by atomic mass is 10.1. The van der Waals surface area contributed by atoms with Gasteiger partial charge in [0.25, 0.3) is 0 Å². The topological polar surface area (TPSA) is 62.2 Å². The Morgan fingerprint density at radius 3 is 2.76 bits per heavy atom. The summed E-state index contributed by atoms with van der Waals surface area (Å²) in [5.41, 5.74) is 3.24. The van der Waals surface area contributed by atoms with Crippen molar-refractivity contribution in [3.8, 4) is 0 Å². The van der Waals surface area contributed by atoms with Gasteiger partial charge in [0, 0.05) is 23.9 Å². The predicted octanol–water partition coefficient (Wildman–Crippen LogP) is 1.81. The molecule has 0 aromatic carbocycles. The summed E-state index contributed by atoms with van der Waals surface area (Å²) >= 11 is 1.75. The summed E-state index contributed by atoms with van der Waals surface area (Å²) < 4.78 is 31.7. The highest BCUT2D eigenvalue weighted by Gasteiger charge is 2.38. The molecule has 0 saturated carbocycles. The Morgan fingerprint density at radius 1 is 1.65 bits per heavy atom. The fourth-order valence-electron chi connectivity index (χ4n) is 1.23. The van der Waals surface area contributed by atoms with Crippen LogP contribution in [0.3, 0.4) is 0 Å². The molecular weight excluding hydrogens is 257 g/mol. The number of aliphatic carboxylic acids is 1. The second-order valence-corrected chi connectivity index (χ2v) is 4.45. The minimum Gasteiger partial charge on any atom is -0.475 e. The maximum Gasteiger partial charge on any atom is 0.490 e. The molecule has 1 atom stereocenters. The van der Waals surface area contributed by atoms with Crippen LogP contribution in [-0.2, 0) is 17.8 Å². The van der Waals surface area contributed by atoms with E-state index in [-0.39, 0.29) is 0 Å². The maximum atomic E-state index is 10.6. The molecule has 2 N–H and O–H groups in total. The second-order valence-electron chi connectivity index (χ2n) is 3.51. The Morgan fingerprint density at radius 2 is 2.24 bits per heavy atom. The van der Waals surface area contributed by atoms with E-state index in [0.717, 1.165) is 13.0 Å². The number of carboxylic acids is 1. The third-order valence-corrected chi connectivity index (χ3v) is 2.95. The van der Waals surface area contributed by atoms with Gasteiger partial charge in [-0.15, -0.1) is 11.3 Å². The summed E-state index contributed by atoms with van der Waals surface area (Å²) in [5, 5.41) is 10.5. The molecule has 0 amide bonds. The van der Waals surface area contributed by atoms with Crippen molar-refractivity contribution >= 4 is 17.3 Å². The number of carboxylic acid groups (broad SMARTS) is 1. The molecule has 2 rings (SSSR count). The zero-order chi connectivity index (χ0) is 13.1. The fourth-order valence-corrected chi connectivity index (χ4v) is 1.98. The van der Waals surface area contributed by atoms with Gasteiger partial charge in [-0.3, -0.25) is 0 Å². The van der Waals surface area contributed by atoms with Gasteiger partial charge in [-0.05, 0) is 6.92 Å². The van der Waals surface area contributed by atoms with Gasteiger partial charge >= 0.3 is 12.1 Å². The highest BCUT2D eigenvalue weighted by atomic mass is 32.1. The van der Waals surface area contributed by atoms with Crippen molar-refractivity contribution in [3.05, 3.63) is 16.1 Å². The summed E-state index contributed by atoms with van der Waals surface area (Å²) in [6.07, 6.45) is -3.99. The number of aromatic nitrogens is 1. The van der Waals surface area contributed by atoms with Crippen molar-refractivity contribution in [2.24, 2.45) is 0 Å². The van der Waals surface area contributed by atoms with E-state index in [1.165, 1.54) is 10.6 Å². The normalized spacial score (nSPS) is 18.9. The van der Waals surface area contributed by atoms with Gasteiger partial charge in [0.15, 0.2) is 0 Å². The predicted molar refractivity (Wildman–Crippen MR) is 55.8 cm³/mol. The first-order valence-electron chi connectivity index (χ1n) is 4.75. The van der Waals surface area contributed by atoms with E-state index in [1.54, 1.807) is 11.3 Å². The van der Waals surface area contributed by atoms with E-state index >= 15 is 0 Å². The molecule has 0 saturated heterocycles. The zero-order valence-electron chi connectivity index (χ0n) is 8.91. The third kappa shape index (κ3) is 4.31. The van der Waals surface area contributed by atoms with E-state index in [2.05, 4.69) is 17.2 Å². The lowest BCUT2D eigenvalue weighted by Gasteiger charge is -2.18. The summed E-state index contributed by atoms with van der Waals surface area (Å²) in [6.45, 7) is 3.21. The number of alkyl halides is 3. The van der Waals surface area contributed by atoms with Crippen molar-refractivity contribution in [1.82, 2.24) is 10.3 Å². The van der Waals surface area contributed by atoms with E-state index < -0.39 is 12.1 Å². The van der Waals surface area contributed by atoms with Gasteiger partial charge in [0.2, 0.25) is 0 Å². The number of carbonyl (C=O) groups is 1. The maximum absolute atomic E-state index is 10.6. The molecule has 96 valence electrons. The number of hydrogen-bond acceptors (Lipinski definition) is 4. The molecule has 4 nitrogen and oxygen atoms in total. The molecule has 0 unspecified atom stereocenters. The van der Waals surface area contributed by atoms with Crippen molar-refractivity contribution in [3.63, 3.8) is 0 Å². The van der Waals surface area contributed by atoms with Crippen molar-refractivity contribution < 1.29 is 23.1 Å². The number of rotatable bonds is 0. The van der Waals surface area contributed by atoms with Crippen LogP contribution in [0.5, 0.6) is 0 Å². The average molecular weight is 268 g/mol. The van der Waals surface area contributed by atoms with Crippen molar-refractivity contribution in [2.45, 2.75) is 32.1 Å². The quantitative estimate of drug-likeness (QED) is 0.753. The highest BCUT2D eigenvalue weighted by molar-refractivity contribution is 7.09. The summed E-state index contributed by atoms with van der Waals surface area (Å²) in [7, 11) is 0. The summed E-state index contributed by atoms with van der Waals surface area (Å²) in [5.74, 6) is -2.76. The molecule has 1 aliphatic heterocycles. The summed E-state index contributed by atoms with van der Waals surface area (Å²) in [6, 6.07) is 0.606. The smallest absolute Gasteiger partial charge is 0.475 e. The van der Waals surface area contributed by atoms with Crippen LogP contribution in [0.15, 0.2) is 5.51 Å². The molecule has 0 bridgehead atoms. The van der Waals surface area contributed by atoms with Crippen LogP contribution in [0.4, 0.5) is 13.2 Å². The minimum absolute atomic E-state index is 0.606. The molecule has 2 heterocycles. The number of fused-ring (bicyclic) bond motifs is 1. The minimum atomic E-state index is -5.08. The third-order valence-electron chi connectivity index (χ3n) is 2.08. The molecule has 0 fully saturated rings. The monoisotopic (exact) mass is 268 g/mol. The van der Waals surface area contributed by atoms with Crippen LogP contribution in [-0.4, -0.2) is 28.3 Å². The van der Waals surface area contributed by atoms with Gasteiger partial charge in [-0.25, -0.2) is 9.78 Å². The molecule has 17 heavy (non-hydrogen) atoms. The van der Waals surface area contributed by atoms with Gasteiger partial charge < -0.3 is 10.4 Å². The molecule has 1 aromatic heterocycles. The Labute approximate surface area is 99.5 Å². The first-order chi connectivity index (χ1) is 7.80. The number of nitrogens with zero attached hydrogens (tertiary/aromatic N) is 1. The molecular formula is C9H11F3N2O2S. The molecule has 8 heteroatoms. The SMILES string of the molecule is C[C@@H]1Cc2ncsc2CN1.O=C(O)C(F)(F)F. The molecule has 0 radical (unpaired) electrons. The first-order valence-corrected chi connectivity index (χ1v) is 5.63. The Kier molecular flexibility index (Phi) is 4.47. The van der Waals surface area contributed by atoms with Gasteiger partial charge in [0.1, 0.15) is 0 Å². The number of hydrogen-bond donors (Lipinski definition) is 2. The second kappa shape index (κ2) is 5.46. The molecule has 0 spiro atoms. The van der Waals surface area contributed by atoms with Gasteiger partial charge in [-0.2, -0.15) is 13.2 Å². The Bertz CT molecular complexity index is 392. The average Bonchev–Trinajstić information content (AvgIpc) is 2.63. The van der Waals surface area contributed by atoms with Crippen molar-refractivity contribution in [2.75, 3.05) is 0 Å². The van der Waals surface area contributed by atoms with Crippen LogP contribution < -0.4 is 5.32 Å². The highest BCUT2D eigenvalue weighted by Crippen LogP contribution is 2.18. The van der Waals surface area contributed by atoms with E-state index in [0.29, 0.717) is 6.04 Å². The standard InChI is InChI=1S/C7H10N2S.C2HF3O2/c1-5-2-6-7(3-8-5)10-4-9-6;3-2(4,5)1(6)7/h4-5,8H,2-3H2,1H3;(H,6,7)/t5-;/m1./s1. The number of nitrogens with one attached hydrogen (secondary N) is 1. The zero-order valence-corrected chi connectivity index (χ0v) is 9.73. The van der Waals surface area contributed by atoms with Crippen LogP contribution >= 0.6 is 11.3 Å². The van der Waals surface area contributed by atoms with Crippen LogP contribution in [0, 0.1) is 0 Å². The van der Waals surface area contributed by atoms with E-state index in [9.17, 15) is 13.2 Å². The van der Waals surface area contributed by atoms with Crippen LogP contribution in [0.2, 0.25) is 0 Å². The molecule has 0 aliphatic carbocycles. The van der Waals surface area contributed by atoms with Gasteiger partial charge in [-0.1, -0.05) is 0 Å². The number of thiazole rings is 1. The molecule has 1 aromatic rings. The Hall–Kier alpha value is -1.15. The molecule has 1 aliphatic rings. The van der Waals surface area contributed by atoms with Crippen LogP contribution in [0.1, 0.15) is 17.5 Å². The lowest BCUT2D eigenvalue weighted by molar-refractivity contribution is -0.192. The fraction of sp³-hybridized carbons (Fsp3) is 0.556. The summed E-state index contributed by atoms with van der Waals surface area (Å²) in [4.78, 5) is 14.6. The van der Waals surface area contributed by atoms with Crippen LogP contribution in [0.25, 0.3) is 0 Å². The first kappa shape index (κ1) is 13.9.